The first-order chi connectivity index (χ1) is 23.2. The fourth-order valence-electron chi connectivity index (χ4n) is 7.15. The van der Waals surface area contributed by atoms with E-state index >= 15 is 0 Å². The van der Waals surface area contributed by atoms with Crippen LogP contribution in [0, 0.1) is 6.92 Å². The topological polar surface area (TPSA) is 124 Å². The van der Waals surface area contributed by atoms with E-state index in [0.29, 0.717) is 38.8 Å². The molecule has 2 N–H and O–H groups in total. The molecule has 0 spiro atoms. The minimum atomic E-state index is -1.13. The van der Waals surface area contributed by atoms with Crippen molar-refractivity contribution in [3.05, 3.63) is 35.4 Å². The van der Waals surface area contributed by atoms with Crippen molar-refractivity contribution in [2.75, 3.05) is 13.1 Å². The normalized spacial score (nSPS) is 18.2. The molecule has 268 valence electrons. The van der Waals surface area contributed by atoms with Crippen LogP contribution in [0.3, 0.4) is 0 Å². The summed E-state index contributed by atoms with van der Waals surface area (Å²) in [6.45, 7) is 5.24. The highest BCUT2D eigenvalue weighted by molar-refractivity contribution is 5.95. The molecular weight excluding hydrogens is 606 g/mol. The molecule has 0 unspecified atom stereocenters. The molecule has 0 saturated carbocycles. The number of aliphatic carboxylic acids is 1. The lowest BCUT2D eigenvalue weighted by atomic mass is 10.0. The molecule has 9 heteroatoms. The highest BCUT2D eigenvalue weighted by atomic mass is 16.4. The molecule has 0 bridgehead atoms. The van der Waals surface area contributed by atoms with Crippen LogP contribution in [0.5, 0.6) is 0 Å². The summed E-state index contributed by atoms with van der Waals surface area (Å²) in [5.74, 6) is -1.95. The molecule has 1 aromatic rings. The van der Waals surface area contributed by atoms with Crippen molar-refractivity contribution in [3.8, 4) is 0 Å². The molecular formula is C39H61N3O6. The highest BCUT2D eigenvalue weighted by Gasteiger charge is 2.41. The molecule has 1 aromatic carbocycles. The number of ketones is 1. The maximum atomic E-state index is 13.7. The number of Topliss-reactive ketones (excluding diaryl/α,β-unsaturated/α-hetero) is 1. The molecule has 2 heterocycles. The fraction of sp³-hybridized carbons (Fsp3) is 0.718. The minimum Gasteiger partial charge on any atom is -0.480 e. The van der Waals surface area contributed by atoms with Crippen LogP contribution in [0.25, 0.3) is 0 Å². The van der Waals surface area contributed by atoms with Gasteiger partial charge in [0.05, 0.1) is 6.04 Å². The summed E-state index contributed by atoms with van der Waals surface area (Å²) < 4.78 is 0. The molecule has 0 aliphatic carbocycles. The number of hydrogen-bond acceptors (Lipinski definition) is 5. The summed E-state index contributed by atoms with van der Waals surface area (Å²) in [7, 11) is 0. The fourth-order valence-corrected chi connectivity index (χ4v) is 7.15. The third kappa shape index (κ3) is 13.3. The quantitative estimate of drug-likeness (QED) is 0.122. The molecule has 2 aliphatic heterocycles. The standard InChI is InChI=1S/C39H61N3O6/c1-3-4-5-6-7-8-9-10-11-12-13-14-15-20-37(45)41-27-17-19-34(41)38(46)42-28-16-18-33(42)35(43)25-26-36(44)40-32(39(47)48)29-31-23-21-30(2)22-24-31/h21-24,32-34H,3-20,25-29H2,1-2H3,(H,40,44)(H,47,48)/t32-,33-,34-/m0/s1. The Bertz CT molecular complexity index is 1170. The Morgan fingerprint density at radius 2 is 1.27 bits per heavy atom. The Balaban J connectivity index is 1.36. The third-order valence-electron chi connectivity index (χ3n) is 10.1. The number of carbonyl (C=O) groups is 5. The summed E-state index contributed by atoms with van der Waals surface area (Å²) in [6.07, 6.45) is 19.3. The summed E-state index contributed by atoms with van der Waals surface area (Å²) >= 11 is 0. The smallest absolute Gasteiger partial charge is 0.326 e. The van der Waals surface area contributed by atoms with Gasteiger partial charge in [0.25, 0.3) is 0 Å². The van der Waals surface area contributed by atoms with Gasteiger partial charge >= 0.3 is 5.97 Å². The zero-order valence-corrected chi connectivity index (χ0v) is 29.7. The minimum absolute atomic E-state index is 0.0336. The van der Waals surface area contributed by atoms with Crippen molar-refractivity contribution in [2.45, 2.75) is 167 Å². The van der Waals surface area contributed by atoms with Gasteiger partial charge in [-0.3, -0.25) is 19.2 Å². The maximum absolute atomic E-state index is 13.7. The van der Waals surface area contributed by atoms with Crippen LogP contribution in [0.1, 0.15) is 146 Å². The number of unbranched alkanes of at least 4 members (excludes halogenated alkanes) is 12. The average Bonchev–Trinajstić information content (AvgIpc) is 3.77. The van der Waals surface area contributed by atoms with Crippen LogP contribution in [0.4, 0.5) is 0 Å². The monoisotopic (exact) mass is 667 g/mol. The Labute approximate surface area is 288 Å². The number of nitrogens with zero attached hydrogens (tertiary/aromatic N) is 2. The summed E-state index contributed by atoms with van der Waals surface area (Å²) in [5, 5.41) is 12.2. The molecule has 0 radical (unpaired) electrons. The maximum Gasteiger partial charge on any atom is 0.326 e. The van der Waals surface area contributed by atoms with Crippen molar-refractivity contribution in [3.63, 3.8) is 0 Å². The predicted octanol–water partition coefficient (Wildman–Crippen LogP) is 6.92. The Morgan fingerprint density at radius 3 is 1.85 bits per heavy atom. The molecule has 3 rings (SSSR count). The van der Waals surface area contributed by atoms with Crippen LogP contribution in [0.2, 0.25) is 0 Å². The second-order valence-corrected chi connectivity index (χ2v) is 14.0. The van der Waals surface area contributed by atoms with Crippen LogP contribution >= 0.6 is 0 Å². The van der Waals surface area contributed by atoms with Crippen molar-refractivity contribution >= 4 is 29.5 Å². The predicted molar refractivity (Wildman–Crippen MR) is 188 cm³/mol. The molecule has 9 nitrogen and oxygen atoms in total. The molecule has 3 atom stereocenters. The number of aryl methyl sites for hydroxylation is 1. The zero-order valence-electron chi connectivity index (χ0n) is 29.7. The van der Waals surface area contributed by atoms with Crippen LogP contribution in [0.15, 0.2) is 24.3 Å². The second kappa shape index (κ2) is 21.7. The van der Waals surface area contributed by atoms with Gasteiger partial charge in [-0.15, -0.1) is 0 Å². The summed E-state index contributed by atoms with van der Waals surface area (Å²) in [4.78, 5) is 67.8. The van der Waals surface area contributed by atoms with Gasteiger partial charge in [-0.2, -0.15) is 0 Å². The van der Waals surface area contributed by atoms with E-state index in [-0.39, 0.29) is 36.9 Å². The number of rotatable bonds is 23. The first-order valence-electron chi connectivity index (χ1n) is 18.9. The number of carbonyl (C=O) groups excluding carboxylic acids is 4. The van der Waals surface area contributed by atoms with Crippen molar-refractivity contribution in [2.24, 2.45) is 0 Å². The lowest BCUT2D eigenvalue weighted by Crippen LogP contribution is -2.51. The Hall–Kier alpha value is -3.23. The van der Waals surface area contributed by atoms with Gasteiger partial charge in [0.2, 0.25) is 17.7 Å². The van der Waals surface area contributed by atoms with Gasteiger partial charge in [0.1, 0.15) is 12.1 Å². The summed E-state index contributed by atoms with van der Waals surface area (Å²) in [5.41, 5.74) is 1.86. The number of likely N-dealkylation sites (tertiary alicyclic amines) is 2. The van der Waals surface area contributed by atoms with Gasteiger partial charge in [0.15, 0.2) is 5.78 Å². The second-order valence-electron chi connectivity index (χ2n) is 14.0. The van der Waals surface area contributed by atoms with Crippen molar-refractivity contribution in [1.82, 2.24) is 15.1 Å². The highest BCUT2D eigenvalue weighted by Crippen LogP contribution is 2.27. The third-order valence-corrected chi connectivity index (χ3v) is 10.1. The average molecular weight is 668 g/mol. The lowest BCUT2D eigenvalue weighted by molar-refractivity contribution is -0.146. The van der Waals surface area contributed by atoms with Crippen LogP contribution in [-0.4, -0.2) is 75.6 Å². The Morgan fingerprint density at radius 1 is 0.729 bits per heavy atom. The van der Waals surface area contributed by atoms with Crippen molar-refractivity contribution in [1.29, 1.82) is 0 Å². The van der Waals surface area contributed by atoms with Gasteiger partial charge in [0, 0.05) is 38.8 Å². The van der Waals surface area contributed by atoms with E-state index in [1.165, 1.54) is 64.2 Å². The number of amides is 3. The van der Waals surface area contributed by atoms with Gasteiger partial charge in [-0.1, -0.05) is 114 Å². The molecule has 2 fully saturated rings. The van der Waals surface area contributed by atoms with E-state index < -0.39 is 30.0 Å². The van der Waals surface area contributed by atoms with E-state index in [9.17, 15) is 29.1 Å². The number of benzene rings is 1. The van der Waals surface area contributed by atoms with E-state index in [2.05, 4.69) is 12.2 Å². The van der Waals surface area contributed by atoms with Gasteiger partial charge in [-0.05, 0) is 44.6 Å². The largest absolute Gasteiger partial charge is 0.480 e. The van der Waals surface area contributed by atoms with Crippen LogP contribution < -0.4 is 5.32 Å². The van der Waals surface area contributed by atoms with Crippen LogP contribution in [-0.2, 0) is 30.4 Å². The van der Waals surface area contributed by atoms with E-state index in [0.717, 1.165) is 36.8 Å². The first kappa shape index (κ1) is 39.2. The molecule has 2 aliphatic rings. The van der Waals surface area contributed by atoms with E-state index in [1.54, 1.807) is 9.80 Å². The number of nitrogens with one attached hydrogen (secondary N) is 1. The SMILES string of the molecule is CCCCCCCCCCCCCCCC(=O)N1CCC[C@H]1C(=O)N1CCC[C@H]1C(=O)CCC(=O)N[C@@H](Cc1ccc(C)cc1)C(=O)O. The van der Waals surface area contributed by atoms with Gasteiger partial charge < -0.3 is 20.2 Å². The molecule has 48 heavy (non-hydrogen) atoms. The summed E-state index contributed by atoms with van der Waals surface area (Å²) in [6, 6.07) is 5.25. The lowest BCUT2D eigenvalue weighted by Gasteiger charge is -2.31. The molecule has 0 aromatic heterocycles. The van der Waals surface area contributed by atoms with Crippen molar-refractivity contribution < 1.29 is 29.1 Å². The number of carboxylic acids is 1. The number of hydrogen-bond donors (Lipinski definition) is 2. The first-order valence-corrected chi connectivity index (χ1v) is 18.9. The van der Waals surface area contributed by atoms with E-state index in [1.807, 2.05) is 31.2 Å². The Kier molecular flexibility index (Phi) is 17.7. The van der Waals surface area contributed by atoms with E-state index in [4.69, 9.17) is 0 Å². The molecule has 2 saturated heterocycles. The number of carboxylic acid groups (broad SMARTS) is 1. The van der Waals surface area contributed by atoms with Gasteiger partial charge in [-0.25, -0.2) is 4.79 Å². The molecule has 3 amide bonds. The zero-order chi connectivity index (χ0) is 34.7.